The SMILES string of the molecule is COc1ccc(Nc2ncccc2C(=O)NCc2cn(Cc3ccc(Br)cc3)nn2)cc1. The maximum absolute atomic E-state index is 12.8. The molecule has 32 heavy (non-hydrogen) atoms. The molecule has 0 unspecified atom stereocenters. The second kappa shape index (κ2) is 10.1. The van der Waals surface area contributed by atoms with Gasteiger partial charge in [0, 0.05) is 16.4 Å². The molecule has 0 radical (unpaired) electrons. The summed E-state index contributed by atoms with van der Waals surface area (Å²) in [6.45, 7) is 0.864. The van der Waals surface area contributed by atoms with Crippen molar-refractivity contribution in [3.05, 3.63) is 94.4 Å². The predicted octanol–water partition coefficient (Wildman–Crippen LogP) is 4.17. The first-order valence-corrected chi connectivity index (χ1v) is 10.7. The van der Waals surface area contributed by atoms with Gasteiger partial charge < -0.3 is 15.4 Å². The Bertz CT molecular complexity index is 1190. The normalized spacial score (nSPS) is 10.6. The van der Waals surface area contributed by atoms with Crippen molar-refractivity contribution < 1.29 is 9.53 Å². The van der Waals surface area contributed by atoms with E-state index in [0.29, 0.717) is 23.6 Å². The molecule has 1 amide bonds. The van der Waals surface area contributed by atoms with Crippen LogP contribution in [0.25, 0.3) is 0 Å². The summed E-state index contributed by atoms with van der Waals surface area (Å²) in [6, 6.07) is 18.8. The van der Waals surface area contributed by atoms with Gasteiger partial charge >= 0.3 is 0 Å². The van der Waals surface area contributed by atoms with E-state index in [9.17, 15) is 4.79 Å². The van der Waals surface area contributed by atoms with Crippen LogP contribution in [0.2, 0.25) is 0 Å². The highest BCUT2D eigenvalue weighted by atomic mass is 79.9. The summed E-state index contributed by atoms with van der Waals surface area (Å²) in [5.41, 5.74) is 3.02. The van der Waals surface area contributed by atoms with E-state index in [2.05, 4.69) is 41.9 Å². The summed E-state index contributed by atoms with van der Waals surface area (Å²) in [6.07, 6.45) is 3.46. The average molecular weight is 493 g/mol. The Balaban J connectivity index is 1.38. The highest BCUT2D eigenvalue weighted by Crippen LogP contribution is 2.21. The average Bonchev–Trinajstić information content (AvgIpc) is 3.27. The van der Waals surface area contributed by atoms with Crippen molar-refractivity contribution >= 4 is 33.3 Å². The lowest BCUT2D eigenvalue weighted by Crippen LogP contribution is -2.24. The lowest BCUT2D eigenvalue weighted by molar-refractivity contribution is 0.0951. The molecule has 4 aromatic rings. The number of amides is 1. The van der Waals surface area contributed by atoms with Gasteiger partial charge in [-0.25, -0.2) is 9.67 Å². The molecule has 9 heteroatoms. The molecule has 0 aliphatic rings. The summed E-state index contributed by atoms with van der Waals surface area (Å²) < 4.78 is 7.94. The number of halogens is 1. The minimum atomic E-state index is -0.253. The van der Waals surface area contributed by atoms with Crippen LogP contribution in [0, 0.1) is 0 Å². The fraction of sp³-hybridized carbons (Fsp3) is 0.130. The number of hydrogen-bond acceptors (Lipinski definition) is 6. The molecule has 0 aliphatic heterocycles. The van der Waals surface area contributed by atoms with Crippen molar-refractivity contribution in [1.82, 2.24) is 25.3 Å². The lowest BCUT2D eigenvalue weighted by Gasteiger charge is -2.11. The number of hydrogen-bond donors (Lipinski definition) is 2. The second-order valence-corrected chi connectivity index (χ2v) is 7.89. The summed E-state index contributed by atoms with van der Waals surface area (Å²) in [7, 11) is 1.61. The van der Waals surface area contributed by atoms with Crippen LogP contribution < -0.4 is 15.4 Å². The largest absolute Gasteiger partial charge is 0.497 e. The number of benzene rings is 2. The van der Waals surface area contributed by atoms with E-state index in [1.807, 2.05) is 54.7 Å². The minimum Gasteiger partial charge on any atom is -0.497 e. The molecule has 2 heterocycles. The van der Waals surface area contributed by atoms with Gasteiger partial charge in [-0.05, 0) is 54.1 Å². The van der Waals surface area contributed by atoms with Crippen LogP contribution in [0.4, 0.5) is 11.5 Å². The zero-order valence-corrected chi connectivity index (χ0v) is 18.9. The van der Waals surface area contributed by atoms with Crippen molar-refractivity contribution in [3.63, 3.8) is 0 Å². The first-order chi connectivity index (χ1) is 15.6. The van der Waals surface area contributed by atoms with Crippen molar-refractivity contribution in [1.29, 1.82) is 0 Å². The molecular weight excluding hydrogens is 472 g/mol. The predicted molar refractivity (Wildman–Crippen MR) is 125 cm³/mol. The molecule has 0 fully saturated rings. The minimum absolute atomic E-state index is 0.253. The van der Waals surface area contributed by atoms with Gasteiger partial charge in [0.05, 0.1) is 32.0 Å². The molecule has 2 aromatic heterocycles. The molecule has 8 nitrogen and oxygen atoms in total. The fourth-order valence-electron chi connectivity index (χ4n) is 3.04. The second-order valence-electron chi connectivity index (χ2n) is 6.97. The van der Waals surface area contributed by atoms with Gasteiger partial charge in [-0.3, -0.25) is 4.79 Å². The number of pyridine rings is 1. The van der Waals surface area contributed by atoms with Gasteiger partial charge in [0.2, 0.25) is 0 Å². The van der Waals surface area contributed by atoms with Crippen LogP contribution in [0.1, 0.15) is 21.6 Å². The maximum Gasteiger partial charge on any atom is 0.255 e. The van der Waals surface area contributed by atoms with Gasteiger partial charge in [0.1, 0.15) is 17.3 Å². The monoisotopic (exact) mass is 492 g/mol. The molecule has 0 aliphatic carbocycles. The van der Waals surface area contributed by atoms with Crippen molar-refractivity contribution in [2.75, 3.05) is 12.4 Å². The van der Waals surface area contributed by atoms with E-state index in [0.717, 1.165) is 21.5 Å². The van der Waals surface area contributed by atoms with Gasteiger partial charge in [0.15, 0.2) is 0 Å². The Kier molecular flexibility index (Phi) is 6.76. The third-order valence-electron chi connectivity index (χ3n) is 4.68. The molecule has 0 spiro atoms. The van der Waals surface area contributed by atoms with E-state index < -0.39 is 0 Å². The zero-order chi connectivity index (χ0) is 22.3. The molecular formula is C23H21BrN6O2. The van der Waals surface area contributed by atoms with Gasteiger partial charge in [0.25, 0.3) is 5.91 Å². The van der Waals surface area contributed by atoms with Crippen LogP contribution in [-0.4, -0.2) is 33.0 Å². The Morgan fingerprint density at radius 2 is 1.88 bits per heavy atom. The Morgan fingerprint density at radius 1 is 1.09 bits per heavy atom. The Labute approximate surface area is 193 Å². The van der Waals surface area contributed by atoms with Crippen molar-refractivity contribution in [2.24, 2.45) is 0 Å². The number of nitrogens with one attached hydrogen (secondary N) is 2. The topological polar surface area (TPSA) is 94.0 Å². The fourth-order valence-corrected chi connectivity index (χ4v) is 3.30. The summed E-state index contributed by atoms with van der Waals surface area (Å²) in [5, 5.41) is 14.3. The number of methoxy groups -OCH3 is 1. The molecule has 0 bridgehead atoms. The van der Waals surface area contributed by atoms with Gasteiger partial charge in [-0.1, -0.05) is 33.3 Å². The molecule has 2 aromatic carbocycles. The van der Waals surface area contributed by atoms with E-state index in [4.69, 9.17) is 4.74 Å². The first kappa shape index (κ1) is 21.5. The van der Waals surface area contributed by atoms with Gasteiger partial charge in [-0.2, -0.15) is 0 Å². The van der Waals surface area contributed by atoms with E-state index in [1.54, 1.807) is 30.1 Å². The first-order valence-electron chi connectivity index (χ1n) is 9.88. The van der Waals surface area contributed by atoms with Crippen LogP contribution in [0.5, 0.6) is 5.75 Å². The highest BCUT2D eigenvalue weighted by molar-refractivity contribution is 9.10. The Morgan fingerprint density at radius 3 is 2.62 bits per heavy atom. The smallest absolute Gasteiger partial charge is 0.255 e. The van der Waals surface area contributed by atoms with E-state index in [1.165, 1.54) is 0 Å². The summed E-state index contributed by atoms with van der Waals surface area (Å²) in [5.74, 6) is 0.966. The molecule has 2 N–H and O–H groups in total. The molecule has 4 rings (SSSR count). The third kappa shape index (κ3) is 5.50. The molecule has 0 saturated carbocycles. The van der Waals surface area contributed by atoms with Gasteiger partial charge in [-0.15, -0.1) is 5.10 Å². The number of carbonyl (C=O) groups is 1. The summed E-state index contributed by atoms with van der Waals surface area (Å²) in [4.78, 5) is 17.1. The van der Waals surface area contributed by atoms with Crippen LogP contribution in [0.3, 0.4) is 0 Å². The number of aromatic nitrogens is 4. The van der Waals surface area contributed by atoms with E-state index >= 15 is 0 Å². The van der Waals surface area contributed by atoms with Crippen LogP contribution in [-0.2, 0) is 13.1 Å². The number of anilines is 2. The molecule has 162 valence electrons. The summed E-state index contributed by atoms with van der Waals surface area (Å²) >= 11 is 3.43. The quantitative estimate of drug-likeness (QED) is 0.383. The molecule has 0 saturated heterocycles. The van der Waals surface area contributed by atoms with E-state index in [-0.39, 0.29) is 12.5 Å². The van der Waals surface area contributed by atoms with Crippen LogP contribution >= 0.6 is 15.9 Å². The maximum atomic E-state index is 12.8. The number of rotatable bonds is 8. The number of ether oxygens (including phenoxy) is 1. The Hall–Kier alpha value is -3.72. The molecule has 0 atom stereocenters. The number of nitrogens with zero attached hydrogens (tertiary/aromatic N) is 4. The third-order valence-corrected chi connectivity index (χ3v) is 5.21. The lowest BCUT2D eigenvalue weighted by atomic mass is 10.2. The zero-order valence-electron chi connectivity index (χ0n) is 17.3. The standard InChI is InChI=1S/C23H21BrN6O2/c1-32-20-10-8-18(9-11-20)27-22-21(3-2-12-25-22)23(31)26-13-19-15-30(29-28-19)14-16-4-6-17(24)7-5-16/h2-12,15H,13-14H2,1H3,(H,25,27)(H,26,31). The van der Waals surface area contributed by atoms with Crippen molar-refractivity contribution in [2.45, 2.75) is 13.1 Å². The highest BCUT2D eigenvalue weighted by Gasteiger charge is 2.13. The van der Waals surface area contributed by atoms with Crippen molar-refractivity contribution in [3.8, 4) is 5.75 Å². The van der Waals surface area contributed by atoms with Crippen LogP contribution in [0.15, 0.2) is 77.5 Å². The number of carbonyl (C=O) groups excluding carboxylic acids is 1.